The van der Waals surface area contributed by atoms with Crippen LogP contribution in [0.3, 0.4) is 0 Å². The third-order valence-corrected chi connectivity index (χ3v) is 5.90. The molecule has 0 unspecified atom stereocenters. The summed E-state index contributed by atoms with van der Waals surface area (Å²) in [6.45, 7) is 2.27. The molecule has 3 aromatic carbocycles. The molecule has 3 aromatic rings. The fourth-order valence-electron chi connectivity index (χ4n) is 4.00. The lowest BCUT2D eigenvalue weighted by Crippen LogP contribution is -1.86. The van der Waals surface area contributed by atoms with Gasteiger partial charge in [0.25, 0.3) is 0 Å². The van der Waals surface area contributed by atoms with Crippen LogP contribution in [0.25, 0.3) is 10.8 Å². The predicted molar refractivity (Wildman–Crippen MR) is 132 cm³/mol. The number of azo groups is 1. The Bertz CT molecular complexity index is 947. The third-order valence-electron chi connectivity index (χ3n) is 5.90. The Morgan fingerprint density at radius 3 is 2.00 bits per heavy atom. The van der Waals surface area contributed by atoms with Crippen LogP contribution < -0.4 is 0 Å². The van der Waals surface area contributed by atoms with E-state index in [0.29, 0.717) is 5.69 Å². The van der Waals surface area contributed by atoms with E-state index in [2.05, 4.69) is 29.3 Å². The lowest BCUT2D eigenvalue weighted by Gasteiger charge is -2.04. The zero-order valence-electron chi connectivity index (χ0n) is 18.9. The van der Waals surface area contributed by atoms with Gasteiger partial charge in [0.2, 0.25) is 0 Å². The zero-order chi connectivity index (χ0) is 21.7. The largest absolute Gasteiger partial charge is 0.506 e. The van der Waals surface area contributed by atoms with Gasteiger partial charge in [0.15, 0.2) is 0 Å². The average Bonchev–Trinajstić information content (AvgIpc) is 2.80. The van der Waals surface area contributed by atoms with Crippen molar-refractivity contribution in [2.45, 2.75) is 77.6 Å². The van der Waals surface area contributed by atoms with Crippen LogP contribution in [0.2, 0.25) is 0 Å². The summed E-state index contributed by atoms with van der Waals surface area (Å²) in [6, 6.07) is 19.8. The number of hydrogen-bond donors (Lipinski definition) is 1. The summed E-state index contributed by atoms with van der Waals surface area (Å²) in [7, 11) is 0. The van der Waals surface area contributed by atoms with Gasteiger partial charge in [-0.15, -0.1) is 5.11 Å². The first-order valence-corrected chi connectivity index (χ1v) is 12.0. The second-order valence-electron chi connectivity index (χ2n) is 8.45. The van der Waals surface area contributed by atoms with Gasteiger partial charge in [-0.3, -0.25) is 0 Å². The van der Waals surface area contributed by atoms with Crippen molar-refractivity contribution in [1.29, 1.82) is 0 Å². The predicted octanol–water partition coefficient (Wildman–Crippen LogP) is 9.42. The van der Waals surface area contributed by atoms with Crippen LogP contribution in [0, 0.1) is 0 Å². The molecule has 0 amide bonds. The number of aryl methyl sites for hydroxylation is 1. The van der Waals surface area contributed by atoms with Crippen LogP contribution >= 0.6 is 0 Å². The maximum atomic E-state index is 10.2. The fourth-order valence-corrected chi connectivity index (χ4v) is 4.00. The highest BCUT2D eigenvalue weighted by Crippen LogP contribution is 2.35. The third kappa shape index (κ3) is 7.50. The number of phenolic OH excluding ortho intramolecular Hbond substituents is 1. The number of benzene rings is 3. The maximum absolute atomic E-state index is 10.2. The molecule has 31 heavy (non-hydrogen) atoms. The van der Waals surface area contributed by atoms with E-state index in [9.17, 15) is 5.11 Å². The van der Waals surface area contributed by atoms with Gasteiger partial charge in [-0.2, -0.15) is 5.11 Å². The minimum Gasteiger partial charge on any atom is -0.506 e. The molecule has 3 heteroatoms. The van der Waals surface area contributed by atoms with Crippen LogP contribution in [0.4, 0.5) is 11.4 Å². The molecule has 0 fully saturated rings. The van der Waals surface area contributed by atoms with Crippen molar-refractivity contribution in [1.82, 2.24) is 0 Å². The highest BCUT2D eigenvalue weighted by atomic mass is 16.3. The number of hydrogen-bond acceptors (Lipinski definition) is 3. The molecule has 3 rings (SSSR count). The molecule has 0 aromatic heterocycles. The summed E-state index contributed by atoms with van der Waals surface area (Å²) in [4.78, 5) is 0. The lowest BCUT2D eigenvalue weighted by atomic mass is 10.0. The average molecular weight is 417 g/mol. The van der Waals surface area contributed by atoms with Gasteiger partial charge < -0.3 is 5.11 Å². The number of phenols is 1. The SMILES string of the molecule is CCCCCCCCCCCCc1ccc(N=Nc2c(O)ccc3ccccc23)cc1. The van der Waals surface area contributed by atoms with E-state index in [1.807, 2.05) is 42.5 Å². The molecule has 0 bridgehead atoms. The molecular formula is C28H36N2O. The van der Waals surface area contributed by atoms with Crippen LogP contribution in [0.5, 0.6) is 5.75 Å². The number of aromatic hydroxyl groups is 1. The van der Waals surface area contributed by atoms with Gasteiger partial charge in [0.1, 0.15) is 11.4 Å². The van der Waals surface area contributed by atoms with E-state index in [-0.39, 0.29) is 5.75 Å². The quantitative estimate of drug-likeness (QED) is 0.219. The molecule has 0 heterocycles. The second kappa shape index (κ2) is 12.9. The summed E-state index contributed by atoms with van der Waals surface area (Å²) in [6.07, 6.45) is 14.8. The molecule has 164 valence electrons. The molecule has 0 saturated heterocycles. The first kappa shape index (κ1) is 23.0. The van der Waals surface area contributed by atoms with Crippen LogP contribution in [0.1, 0.15) is 76.7 Å². The minimum absolute atomic E-state index is 0.153. The molecule has 0 aliphatic carbocycles. The van der Waals surface area contributed by atoms with E-state index in [1.165, 1.54) is 69.8 Å². The molecular weight excluding hydrogens is 380 g/mol. The van der Waals surface area contributed by atoms with Gasteiger partial charge in [-0.25, -0.2) is 0 Å². The Balaban J connectivity index is 1.41. The zero-order valence-corrected chi connectivity index (χ0v) is 18.9. The molecule has 0 atom stereocenters. The number of unbranched alkanes of at least 4 members (excludes halogenated alkanes) is 9. The normalized spacial score (nSPS) is 11.5. The van der Waals surface area contributed by atoms with Crippen molar-refractivity contribution in [3.05, 3.63) is 66.2 Å². The summed E-state index contributed by atoms with van der Waals surface area (Å²) in [5.41, 5.74) is 2.68. The van der Waals surface area contributed by atoms with Crippen molar-refractivity contribution in [3.8, 4) is 5.75 Å². The summed E-state index contributed by atoms with van der Waals surface area (Å²) >= 11 is 0. The Kier molecular flexibility index (Phi) is 9.56. The summed E-state index contributed by atoms with van der Waals surface area (Å²) < 4.78 is 0. The summed E-state index contributed by atoms with van der Waals surface area (Å²) in [5.74, 6) is 0.153. The van der Waals surface area contributed by atoms with E-state index in [1.54, 1.807) is 6.07 Å². The number of nitrogens with zero attached hydrogens (tertiary/aromatic N) is 2. The van der Waals surface area contributed by atoms with Crippen molar-refractivity contribution in [2.24, 2.45) is 10.2 Å². The maximum Gasteiger partial charge on any atom is 0.143 e. The highest BCUT2D eigenvalue weighted by molar-refractivity contribution is 5.95. The van der Waals surface area contributed by atoms with Gasteiger partial charge in [0.05, 0.1) is 5.69 Å². The molecule has 0 aliphatic heterocycles. The lowest BCUT2D eigenvalue weighted by molar-refractivity contribution is 0.477. The smallest absolute Gasteiger partial charge is 0.143 e. The minimum atomic E-state index is 0.153. The monoisotopic (exact) mass is 416 g/mol. The fraction of sp³-hybridized carbons (Fsp3) is 0.429. The first-order valence-electron chi connectivity index (χ1n) is 12.0. The van der Waals surface area contributed by atoms with Crippen LogP contribution in [-0.4, -0.2) is 5.11 Å². The van der Waals surface area contributed by atoms with Crippen LogP contribution in [-0.2, 0) is 6.42 Å². The first-order chi connectivity index (χ1) is 15.3. The van der Waals surface area contributed by atoms with Crippen LogP contribution in [0.15, 0.2) is 70.9 Å². The van der Waals surface area contributed by atoms with Crippen molar-refractivity contribution in [2.75, 3.05) is 0 Å². The van der Waals surface area contributed by atoms with Crippen molar-refractivity contribution >= 4 is 22.1 Å². The molecule has 0 spiro atoms. The molecule has 0 radical (unpaired) electrons. The topological polar surface area (TPSA) is 45.0 Å². The molecule has 3 nitrogen and oxygen atoms in total. The van der Waals surface area contributed by atoms with Gasteiger partial charge in [-0.1, -0.05) is 107 Å². The van der Waals surface area contributed by atoms with E-state index < -0.39 is 0 Å². The van der Waals surface area contributed by atoms with E-state index >= 15 is 0 Å². The van der Waals surface area contributed by atoms with E-state index in [4.69, 9.17) is 0 Å². The second-order valence-corrected chi connectivity index (χ2v) is 8.45. The summed E-state index contributed by atoms with van der Waals surface area (Å²) in [5, 5.41) is 20.8. The van der Waals surface area contributed by atoms with E-state index in [0.717, 1.165) is 22.9 Å². The number of fused-ring (bicyclic) bond motifs is 1. The Morgan fingerprint density at radius 2 is 1.29 bits per heavy atom. The Morgan fingerprint density at radius 1 is 0.645 bits per heavy atom. The van der Waals surface area contributed by atoms with Crippen molar-refractivity contribution in [3.63, 3.8) is 0 Å². The molecule has 0 saturated carbocycles. The molecule has 0 aliphatic rings. The van der Waals surface area contributed by atoms with Gasteiger partial charge in [0, 0.05) is 5.39 Å². The highest BCUT2D eigenvalue weighted by Gasteiger charge is 2.05. The van der Waals surface area contributed by atoms with Gasteiger partial charge >= 0.3 is 0 Å². The Labute approximate surface area is 187 Å². The number of rotatable bonds is 13. The molecule has 1 N–H and O–H groups in total. The standard InChI is InChI=1S/C28H36N2O/c1-2-3-4-5-6-7-8-9-10-11-14-23-17-20-25(21-18-23)29-30-28-26-16-13-12-15-24(26)19-22-27(28)31/h12-13,15-22,31H,2-11,14H2,1H3. The van der Waals surface area contributed by atoms with Crippen molar-refractivity contribution < 1.29 is 5.11 Å². The Hall–Kier alpha value is -2.68. The van der Waals surface area contributed by atoms with Gasteiger partial charge in [-0.05, 0) is 42.0 Å².